The van der Waals surface area contributed by atoms with Gasteiger partial charge in [-0.2, -0.15) is 0 Å². The Kier molecular flexibility index (Phi) is 7.82. The van der Waals surface area contributed by atoms with Crippen molar-refractivity contribution in [1.29, 1.82) is 0 Å². The van der Waals surface area contributed by atoms with Crippen LogP contribution in [0, 0.1) is 18.7 Å². The molecule has 0 amide bonds. The van der Waals surface area contributed by atoms with E-state index in [9.17, 15) is 12.8 Å². The standard InChI is InChI=1S/C27H29FN2O3S.CH2O2/c1-17-10-19-4-6-23(13-21(19)11-17)33-16-22-12-20(5-8-26(22)28)25-7-9-27(29-18(25)2)30-14-24(15-30)34(3,31)32;2-1-3/h4-9,12-13,17,24H,10-11,14-16H2,1-3H3;1H,(H,2,3). The lowest BCUT2D eigenvalue weighted by molar-refractivity contribution is -0.122. The molecule has 2 aliphatic rings. The molecule has 5 rings (SSSR count). The Hall–Kier alpha value is -3.46. The van der Waals surface area contributed by atoms with E-state index >= 15 is 0 Å². The number of aryl methyl sites for hydroxylation is 1. The van der Waals surface area contributed by atoms with Crippen molar-refractivity contribution in [2.24, 2.45) is 5.92 Å². The molecule has 9 heteroatoms. The summed E-state index contributed by atoms with van der Waals surface area (Å²) in [7, 11) is -3.03. The highest BCUT2D eigenvalue weighted by atomic mass is 32.2. The zero-order valence-corrected chi connectivity index (χ0v) is 22.0. The first-order valence-corrected chi connectivity index (χ1v) is 14.1. The van der Waals surface area contributed by atoms with Gasteiger partial charge in [-0.25, -0.2) is 17.8 Å². The van der Waals surface area contributed by atoms with Crippen LogP contribution < -0.4 is 9.64 Å². The second-order valence-corrected chi connectivity index (χ2v) is 12.1. The lowest BCUT2D eigenvalue weighted by atomic mass is 10.0. The molecule has 1 saturated heterocycles. The van der Waals surface area contributed by atoms with Crippen LogP contribution in [0.2, 0.25) is 0 Å². The zero-order valence-electron chi connectivity index (χ0n) is 21.1. The summed E-state index contributed by atoms with van der Waals surface area (Å²) in [6.07, 6.45) is 3.44. The quantitative estimate of drug-likeness (QED) is 0.474. The predicted octanol–water partition coefficient (Wildman–Crippen LogP) is 4.44. The van der Waals surface area contributed by atoms with Gasteiger partial charge in [0.15, 0.2) is 9.84 Å². The molecule has 1 aliphatic carbocycles. The highest BCUT2D eigenvalue weighted by molar-refractivity contribution is 7.91. The summed E-state index contributed by atoms with van der Waals surface area (Å²) < 4.78 is 43.9. The largest absolute Gasteiger partial charge is 0.489 e. The molecule has 0 spiro atoms. The molecule has 196 valence electrons. The summed E-state index contributed by atoms with van der Waals surface area (Å²) in [6, 6.07) is 15.1. The van der Waals surface area contributed by atoms with E-state index in [1.165, 1.54) is 23.4 Å². The molecule has 1 aliphatic heterocycles. The van der Waals surface area contributed by atoms with Crippen LogP contribution in [0.25, 0.3) is 11.1 Å². The first-order chi connectivity index (χ1) is 17.6. The van der Waals surface area contributed by atoms with Gasteiger partial charge >= 0.3 is 0 Å². The maximum absolute atomic E-state index is 14.6. The summed E-state index contributed by atoms with van der Waals surface area (Å²) in [4.78, 5) is 15.0. The number of hydrogen-bond donors (Lipinski definition) is 1. The smallest absolute Gasteiger partial charge is 0.290 e. The predicted molar refractivity (Wildman–Crippen MR) is 141 cm³/mol. The van der Waals surface area contributed by atoms with Crippen LogP contribution in [0.3, 0.4) is 0 Å². The van der Waals surface area contributed by atoms with Crippen LogP contribution in [0.5, 0.6) is 5.75 Å². The molecule has 2 heterocycles. The average molecular weight is 527 g/mol. The third kappa shape index (κ3) is 6.10. The SMILES string of the molecule is Cc1nc(N2CC(S(C)(=O)=O)C2)ccc1-c1ccc(F)c(COc2ccc3c(c2)CC(C)C3)c1.O=CO. The van der Waals surface area contributed by atoms with Crippen LogP contribution in [0.15, 0.2) is 48.5 Å². The lowest BCUT2D eigenvalue weighted by Gasteiger charge is -2.39. The molecule has 1 atom stereocenters. The maximum atomic E-state index is 14.6. The van der Waals surface area contributed by atoms with Gasteiger partial charge in [0.05, 0.1) is 5.25 Å². The van der Waals surface area contributed by atoms with Gasteiger partial charge in [-0.1, -0.05) is 19.1 Å². The molecule has 7 nitrogen and oxygen atoms in total. The zero-order chi connectivity index (χ0) is 26.7. The van der Waals surface area contributed by atoms with E-state index < -0.39 is 9.84 Å². The Morgan fingerprint density at radius 2 is 1.81 bits per heavy atom. The number of anilines is 1. The van der Waals surface area contributed by atoms with E-state index in [0.29, 0.717) is 24.6 Å². The monoisotopic (exact) mass is 526 g/mol. The molecule has 1 aromatic heterocycles. The number of nitrogens with zero attached hydrogens (tertiary/aromatic N) is 2. The number of aromatic nitrogens is 1. The molecule has 1 unspecified atom stereocenters. The Labute approximate surface area is 216 Å². The van der Waals surface area contributed by atoms with Crippen molar-refractivity contribution in [1.82, 2.24) is 4.98 Å². The second-order valence-electron chi connectivity index (χ2n) is 9.80. The van der Waals surface area contributed by atoms with Crippen molar-refractivity contribution in [3.05, 3.63) is 76.7 Å². The molecular weight excluding hydrogens is 495 g/mol. The van der Waals surface area contributed by atoms with E-state index in [-0.39, 0.29) is 24.1 Å². The highest BCUT2D eigenvalue weighted by Crippen LogP contribution is 2.31. The third-order valence-corrected chi connectivity index (χ3v) is 8.42. The number of carboxylic acid groups (broad SMARTS) is 1. The molecule has 2 aromatic carbocycles. The number of halogens is 1. The van der Waals surface area contributed by atoms with Gasteiger partial charge in [0, 0.05) is 36.2 Å². The summed E-state index contributed by atoms with van der Waals surface area (Å²) in [5.74, 6) is 1.89. The van der Waals surface area contributed by atoms with Crippen LogP contribution >= 0.6 is 0 Å². The lowest BCUT2D eigenvalue weighted by Crippen LogP contribution is -2.54. The van der Waals surface area contributed by atoms with Crippen molar-refractivity contribution in [3.63, 3.8) is 0 Å². The van der Waals surface area contributed by atoms with Gasteiger partial charge in [-0.15, -0.1) is 0 Å². The molecule has 0 radical (unpaired) electrons. The fourth-order valence-electron chi connectivity index (χ4n) is 4.84. The van der Waals surface area contributed by atoms with Crippen molar-refractivity contribution in [2.45, 2.75) is 38.5 Å². The summed E-state index contributed by atoms with van der Waals surface area (Å²) >= 11 is 0. The van der Waals surface area contributed by atoms with Crippen LogP contribution in [0.1, 0.15) is 29.3 Å². The Balaban J connectivity index is 0.00000102. The van der Waals surface area contributed by atoms with Gasteiger partial charge in [0.1, 0.15) is 24.0 Å². The topological polar surface area (TPSA) is 96.8 Å². The van der Waals surface area contributed by atoms with E-state index in [2.05, 4.69) is 24.0 Å². The van der Waals surface area contributed by atoms with E-state index in [1.807, 2.05) is 36.1 Å². The van der Waals surface area contributed by atoms with E-state index in [1.54, 1.807) is 6.07 Å². The minimum atomic E-state index is -3.03. The molecule has 1 fully saturated rings. The van der Waals surface area contributed by atoms with Crippen LogP contribution in [-0.2, 0) is 34.1 Å². The second kappa shape index (κ2) is 10.9. The minimum absolute atomic E-state index is 0.152. The molecule has 1 N–H and O–H groups in total. The number of sulfone groups is 1. The summed E-state index contributed by atoms with van der Waals surface area (Å²) in [5.41, 5.74) is 5.80. The Morgan fingerprint density at radius 3 is 2.49 bits per heavy atom. The Morgan fingerprint density at radius 1 is 1.11 bits per heavy atom. The minimum Gasteiger partial charge on any atom is -0.489 e. The number of carbonyl (C=O) groups is 1. The fraction of sp³-hybridized carbons (Fsp3) is 0.357. The van der Waals surface area contributed by atoms with Crippen molar-refractivity contribution < 1.29 is 27.4 Å². The van der Waals surface area contributed by atoms with Crippen LogP contribution in [0.4, 0.5) is 10.2 Å². The number of fused-ring (bicyclic) bond motifs is 1. The number of benzene rings is 2. The first-order valence-electron chi connectivity index (χ1n) is 12.1. The number of pyridine rings is 1. The Bertz CT molecular complexity index is 1400. The molecular formula is C28H31FN2O5S. The van der Waals surface area contributed by atoms with E-state index in [4.69, 9.17) is 14.6 Å². The van der Waals surface area contributed by atoms with Crippen LogP contribution in [-0.4, -0.2) is 49.6 Å². The highest BCUT2D eigenvalue weighted by Gasteiger charge is 2.35. The number of ether oxygens (including phenoxy) is 1. The van der Waals surface area contributed by atoms with Gasteiger partial charge < -0.3 is 14.7 Å². The van der Waals surface area contributed by atoms with Gasteiger partial charge in [-0.05, 0) is 78.8 Å². The number of hydrogen-bond acceptors (Lipinski definition) is 6. The number of rotatable bonds is 6. The van der Waals surface area contributed by atoms with E-state index in [0.717, 1.165) is 41.2 Å². The fourth-order valence-corrected chi connectivity index (χ4v) is 5.74. The molecule has 0 saturated carbocycles. The summed E-state index contributed by atoms with van der Waals surface area (Å²) in [6.45, 7) is 4.99. The van der Waals surface area contributed by atoms with Gasteiger partial charge in [0.25, 0.3) is 6.47 Å². The van der Waals surface area contributed by atoms with Crippen molar-refractivity contribution >= 4 is 22.1 Å². The van der Waals surface area contributed by atoms with Gasteiger partial charge in [-0.3, -0.25) is 4.79 Å². The first kappa shape index (κ1) is 26.6. The van der Waals surface area contributed by atoms with Crippen molar-refractivity contribution in [3.8, 4) is 16.9 Å². The normalized spacial score (nSPS) is 16.9. The third-order valence-electron chi connectivity index (χ3n) is 6.91. The van der Waals surface area contributed by atoms with Gasteiger partial charge in [0.2, 0.25) is 0 Å². The van der Waals surface area contributed by atoms with Crippen molar-refractivity contribution in [2.75, 3.05) is 24.2 Å². The summed E-state index contributed by atoms with van der Waals surface area (Å²) in [5, 5.41) is 6.56. The molecule has 37 heavy (non-hydrogen) atoms. The molecule has 3 aromatic rings. The maximum Gasteiger partial charge on any atom is 0.290 e. The molecule has 0 bridgehead atoms. The average Bonchev–Trinajstić information content (AvgIpc) is 3.17.